The van der Waals surface area contributed by atoms with Crippen LogP contribution in [0.2, 0.25) is 0 Å². The number of fused-ring (bicyclic) bond motifs is 4. The molecule has 10 aromatic carbocycles. The minimum atomic E-state index is -0.298. The first-order valence-electron chi connectivity index (χ1n) is 30.3. The Hall–Kier alpha value is -9.78. The molecule has 2 aromatic heterocycles. The molecule has 2 aliphatic rings. The summed E-state index contributed by atoms with van der Waals surface area (Å²) < 4.78 is 5.19. The van der Waals surface area contributed by atoms with E-state index in [9.17, 15) is 0 Å². The molecule has 6 heteroatoms. The molecule has 420 valence electrons. The van der Waals surface area contributed by atoms with Crippen LogP contribution in [0.25, 0.3) is 50.3 Å². The van der Waals surface area contributed by atoms with E-state index in [1.807, 2.05) is 0 Å². The quantitative estimate of drug-likeness (QED) is 0.127. The lowest BCUT2D eigenvalue weighted by atomic mass is 9.48. The minimum Gasteiger partial charge on any atom is -0.367 e. The summed E-state index contributed by atoms with van der Waals surface area (Å²) in [6.45, 7) is 20.4. The molecule has 0 N–H and O–H groups in total. The molecule has 0 aliphatic carbocycles. The number of rotatable bonds is 10. The van der Waals surface area contributed by atoms with Crippen LogP contribution >= 0.6 is 0 Å². The summed E-state index contributed by atoms with van der Waals surface area (Å²) in [5, 5.41) is 0. The van der Waals surface area contributed by atoms with Gasteiger partial charge in [0.1, 0.15) is 5.82 Å². The fourth-order valence-electron chi connectivity index (χ4n) is 12.9. The highest BCUT2D eigenvalue weighted by Gasteiger charge is 2.48. The number of anilines is 9. The van der Waals surface area contributed by atoms with Crippen molar-refractivity contribution in [2.75, 3.05) is 14.7 Å². The van der Waals surface area contributed by atoms with Crippen molar-refractivity contribution in [3.05, 3.63) is 290 Å². The second-order valence-corrected chi connectivity index (χ2v) is 26.4. The molecular formula is C80H72BN5. The average Bonchev–Trinajstić information content (AvgIpc) is 1.39. The third kappa shape index (κ3) is 9.73. The highest BCUT2D eigenvalue weighted by atomic mass is 15.3. The Morgan fingerprint density at radius 3 is 1.15 bits per heavy atom. The molecule has 5 nitrogen and oxygen atoms in total. The molecule has 14 rings (SSSR count). The van der Waals surface area contributed by atoms with E-state index in [0.717, 1.165) is 73.8 Å². The summed E-state index contributed by atoms with van der Waals surface area (Å²) in [4.78, 5) is 7.53. The lowest BCUT2D eigenvalue weighted by Crippen LogP contribution is -2.60. The summed E-state index contributed by atoms with van der Waals surface area (Å²) in [5.74, 6) is 1.08. The molecule has 0 saturated carbocycles. The van der Waals surface area contributed by atoms with Gasteiger partial charge in [-0.25, -0.2) is 0 Å². The van der Waals surface area contributed by atoms with Crippen molar-refractivity contribution in [3.8, 4) is 50.3 Å². The summed E-state index contributed by atoms with van der Waals surface area (Å²) in [5.41, 5.74) is 25.3. The van der Waals surface area contributed by atoms with Crippen LogP contribution in [-0.4, -0.2) is 15.9 Å². The number of benzene rings is 10. The predicted molar refractivity (Wildman–Crippen MR) is 366 cm³/mol. The van der Waals surface area contributed by atoms with Gasteiger partial charge in [0.05, 0.1) is 17.1 Å². The van der Waals surface area contributed by atoms with Gasteiger partial charge >= 0.3 is 6.85 Å². The highest BCUT2D eigenvalue weighted by molar-refractivity contribution is 6.89. The van der Waals surface area contributed by atoms with E-state index < -0.39 is 0 Å². The Bertz CT molecular complexity index is 4340. The predicted octanol–water partition coefficient (Wildman–Crippen LogP) is 20.5. The van der Waals surface area contributed by atoms with Gasteiger partial charge in [0, 0.05) is 57.2 Å². The topological polar surface area (TPSA) is 19.6 Å². The van der Waals surface area contributed by atoms with Crippen LogP contribution in [-0.2, 0) is 16.2 Å². The molecule has 0 fully saturated rings. The lowest BCUT2D eigenvalue weighted by Gasteiger charge is -2.44. The standard InChI is InChI=1S/C80H72BN5/c1-78(2,3)62-38-30-59(31-39-62)61-50-75-82(54-61)81-76-72(51-70(83(65-26-18-12-19-27-65)66-28-20-13-21-29-66)52-73(76)85(75)68-46-36-58(37-47-68)56-24-16-11-17-25-56)84(67-44-34-57(35-45-67)55-22-14-10-15-23-55)74-53-71(60-32-40-63(41-33-60)79(4,5)6)86(77(74)81)69-48-42-64(43-49-69)80(7,8)9/h10-54H,1-9H3. The Balaban J connectivity index is 1.12. The lowest BCUT2D eigenvalue weighted by molar-refractivity contribution is 0.590. The SMILES string of the molecule is CC(C)(C)c1ccc(-c2cc3n(c2)B2c4c(cc(N(c5ccccc5)c5ccccc5)cc4N3c3ccc(-c4ccccc4)cc3)N(c3ccc(-c4ccccc4)cc3)c3cc(-c4ccc(C(C)(C)C)cc4)n(-c4ccc(C(C)(C)C)cc4)c32)cc1. The van der Waals surface area contributed by atoms with Gasteiger partial charge in [0.2, 0.25) is 0 Å². The van der Waals surface area contributed by atoms with Crippen LogP contribution in [0.5, 0.6) is 0 Å². The Morgan fingerprint density at radius 1 is 0.314 bits per heavy atom. The molecular weight excluding hydrogens is 1040 g/mol. The molecule has 0 radical (unpaired) electrons. The maximum absolute atomic E-state index is 2.59. The van der Waals surface area contributed by atoms with Crippen molar-refractivity contribution in [1.29, 1.82) is 0 Å². The largest absolute Gasteiger partial charge is 0.367 e. The number of para-hydroxylation sites is 2. The maximum Gasteiger partial charge on any atom is 0.353 e. The van der Waals surface area contributed by atoms with E-state index in [2.05, 4.69) is 359 Å². The Labute approximate surface area is 508 Å². The smallest absolute Gasteiger partial charge is 0.353 e. The number of hydrogen-bond donors (Lipinski definition) is 0. The summed E-state index contributed by atoms with van der Waals surface area (Å²) in [6.07, 6.45) is 2.43. The van der Waals surface area contributed by atoms with Crippen molar-refractivity contribution in [1.82, 2.24) is 9.05 Å². The molecule has 4 heterocycles. The fraction of sp³-hybridized carbons (Fsp3) is 0.150. The molecule has 0 atom stereocenters. The molecule has 0 spiro atoms. The molecule has 0 amide bonds. The van der Waals surface area contributed by atoms with E-state index in [4.69, 9.17) is 0 Å². The summed E-state index contributed by atoms with van der Waals surface area (Å²) in [6, 6.07) is 99.5. The van der Waals surface area contributed by atoms with Gasteiger partial charge in [-0.2, -0.15) is 0 Å². The van der Waals surface area contributed by atoms with E-state index in [1.54, 1.807) is 0 Å². The maximum atomic E-state index is 2.59. The molecule has 0 saturated heterocycles. The molecule has 12 aromatic rings. The van der Waals surface area contributed by atoms with Crippen LogP contribution < -0.4 is 25.8 Å². The third-order valence-electron chi connectivity index (χ3n) is 17.6. The van der Waals surface area contributed by atoms with Crippen molar-refractivity contribution < 1.29 is 0 Å². The van der Waals surface area contributed by atoms with E-state index >= 15 is 0 Å². The molecule has 0 unspecified atom stereocenters. The fourth-order valence-corrected chi connectivity index (χ4v) is 12.9. The van der Waals surface area contributed by atoms with Gasteiger partial charge < -0.3 is 18.8 Å². The van der Waals surface area contributed by atoms with Crippen molar-refractivity contribution in [3.63, 3.8) is 0 Å². The van der Waals surface area contributed by atoms with Crippen LogP contribution in [0.1, 0.15) is 79.0 Å². The zero-order valence-electron chi connectivity index (χ0n) is 50.8. The van der Waals surface area contributed by atoms with Gasteiger partial charge in [-0.15, -0.1) is 0 Å². The van der Waals surface area contributed by atoms with Crippen molar-refractivity contribution in [2.24, 2.45) is 0 Å². The molecule has 0 bridgehead atoms. The Kier molecular flexibility index (Phi) is 13.3. The zero-order valence-corrected chi connectivity index (χ0v) is 50.8. The monoisotopic (exact) mass is 1110 g/mol. The first kappa shape index (κ1) is 54.2. The summed E-state index contributed by atoms with van der Waals surface area (Å²) >= 11 is 0. The van der Waals surface area contributed by atoms with Crippen LogP contribution in [0.15, 0.2) is 273 Å². The number of hydrogen-bond acceptors (Lipinski definition) is 3. The second-order valence-electron chi connectivity index (χ2n) is 26.4. The van der Waals surface area contributed by atoms with Gasteiger partial charge in [0.25, 0.3) is 0 Å². The summed E-state index contributed by atoms with van der Waals surface area (Å²) in [7, 11) is 0. The normalized spacial score (nSPS) is 12.9. The zero-order chi connectivity index (χ0) is 59.1. The van der Waals surface area contributed by atoms with Crippen LogP contribution in [0, 0.1) is 0 Å². The van der Waals surface area contributed by atoms with Crippen LogP contribution in [0.4, 0.5) is 51.3 Å². The van der Waals surface area contributed by atoms with Crippen LogP contribution in [0.3, 0.4) is 0 Å². The van der Waals surface area contributed by atoms with Gasteiger partial charge in [-0.1, -0.05) is 244 Å². The second kappa shape index (κ2) is 21.1. The third-order valence-corrected chi connectivity index (χ3v) is 17.6. The van der Waals surface area contributed by atoms with Gasteiger partial charge in [-0.3, -0.25) is 4.90 Å². The van der Waals surface area contributed by atoms with E-state index in [-0.39, 0.29) is 23.1 Å². The first-order chi connectivity index (χ1) is 41.5. The van der Waals surface area contributed by atoms with Gasteiger partial charge in [-0.05, 0) is 157 Å². The number of aromatic nitrogens is 2. The average molecular weight is 1110 g/mol. The van der Waals surface area contributed by atoms with Crippen molar-refractivity contribution >= 4 is 69.2 Å². The number of nitrogens with zero attached hydrogens (tertiary/aromatic N) is 5. The van der Waals surface area contributed by atoms with E-state index in [1.165, 1.54) is 55.6 Å². The van der Waals surface area contributed by atoms with Crippen molar-refractivity contribution in [2.45, 2.75) is 78.6 Å². The Morgan fingerprint density at radius 2 is 0.686 bits per heavy atom. The minimum absolute atomic E-state index is 0.0118. The molecule has 86 heavy (non-hydrogen) atoms. The highest BCUT2D eigenvalue weighted by Crippen LogP contribution is 2.51. The first-order valence-corrected chi connectivity index (χ1v) is 30.3. The molecule has 2 aliphatic heterocycles. The van der Waals surface area contributed by atoms with Gasteiger partial charge in [0.15, 0.2) is 0 Å². The van der Waals surface area contributed by atoms with E-state index in [0.29, 0.717) is 0 Å².